The second-order valence-corrected chi connectivity index (χ2v) is 4.64. The minimum atomic E-state index is -0.618. The molecule has 0 bridgehead atoms. The maximum atomic E-state index is 11.7. The summed E-state index contributed by atoms with van der Waals surface area (Å²) in [4.78, 5) is 22.7. The van der Waals surface area contributed by atoms with E-state index in [1.165, 1.54) is 0 Å². The Morgan fingerprint density at radius 1 is 1.06 bits per heavy atom. The predicted molar refractivity (Wildman–Crippen MR) is 69.0 cm³/mol. The van der Waals surface area contributed by atoms with Crippen molar-refractivity contribution in [2.75, 3.05) is 13.2 Å². The van der Waals surface area contributed by atoms with Crippen LogP contribution in [-0.2, 0) is 19.1 Å². The van der Waals surface area contributed by atoms with Gasteiger partial charge in [0.2, 0.25) is 0 Å². The zero-order valence-electron chi connectivity index (χ0n) is 10.7. The predicted octanol–water partition coefficient (Wildman–Crippen LogP) is 2.68. The summed E-state index contributed by atoms with van der Waals surface area (Å²) in [5.74, 6) is -1.20. The Morgan fingerprint density at radius 2 is 1.59 bits per heavy atom. The Hall–Kier alpha value is -0.580. The number of hydrogen-bond acceptors (Lipinski definition) is 4. The van der Waals surface area contributed by atoms with Crippen LogP contribution in [0.25, 0.3) is 0 Å². The quantitative estimate of drug-likeness (QED) is 0.511. The van der Waals surface area contributed by atoms with Gasteiger partial charge in [0, 0.05) is 0 Å². The van der Waals surface area contributed by atoms with Gasteiger partial charge < -0.3 is 9.47 Å². The summed E-state index contributed by atoms with van der Waals surface area (Å²) in [6, 6.07) is 0. The standard InChI is InChI=1S/C12H21BrO4/c1-4-7-8-9(11(14)16-5-2)10(13)12(15)17-6-3/h9-10H,4-8H2,1-3H3. The third-order valence-electron chi connectivity index (χ3n) is 2.32. The van der Waals surface area contributed by atoms with E-state index in [-0.39, 0.29) is 5.97 Å². The number of rotatable bonds is 8. The maximum absolute atomic E-state index is 11.7. The highest BCUT2D eigenvalue weighted by Crippen LogP contribution is 2.22. The molecule has 0 aliphatic carbocycles. The minimum absolute atomic E-state index is 0.310. The van der Waals surface area contributed by atoms with Crippen LogP contribution in [0, 0.1) is 5.92 Å². The van der Waals surface area contributed by atoms with Crippen molar-refractivity contribution in [3.8, 4) is 0 Å². The average Bonchev–Trinajstić information content (AvgIpc) is 2.30. The number of halogens is 1. The molecule has 0 fully saturated rings. The summed E-state index contributed by atoms with van der Waals surface area (Å²) in [6.07, 6.45) is 2.48. The van der Waals surface area contributed by atoms with E-state index in [2.05, 4.69) is 15.9 Å². The first kappa shape index (κ1) is 16.4. The van der Waals surface area contributed by atoms with Crippen LogP contribution in [-0.4, -0.2) is 30.0 Å². The SMILES string of the molecule is CCCCC(C(=O)OCC)C(Br)C(=O)OCC. The van der Waals surface area contributed by atoms with Crippen LogP contribution in [0.5, 0.6) is 0 Å². The summed E-state index contributed by atoms with van der Waals surface area (Å²) in [5.41, 5.74) is 0. The molecule has 0 aromatic heterocycles. The molecule has 17 heavy (non-hydrogen) atoms. The topological polar surface area (TPSA) is 52.6 Å². The smallest absolute Gasteiger partial charge is 0.320 e. The molecule has 0 spiro atoms. The lowest BCUT2D eigenvalue weighted by Gasteiger charge is -2.19. The van der Waals surface area contributed by atoms with Crippen LogP contribution in [0.15, 0.2) is 0 Å². The summed E-state index contributed by atoms with van der Waals surface area (Å²) < 4.78 is 9.87. The van der Waals surface area contributed by atoms with Crippen molar-refractivity contribution in [1.82, 2.24) is 0 Å². The van der Waals surface area contributed by atoms with E-state index in [4.69, 9.17) is 9.47 Å². The van der Waals surface area contributed by atoms with E-state index in [1.54, 1.807) is 13.8 Å². The van der Waals surface area contributed by atoms with E-state index >= 15 is 0 Å². The molecule has 0 aliphatic heterocycles. The molecule has 2 unspecified atom stereocenters. The molecule has 0 aliphatic rings. The highest BCUT2D eigenvalue weighted by Gasteiger charge is 2.33. The lowest BCUT2D eigenvalue weighted by molar-refractivity contribution is -0.154. The summed E-state index contributed by atoms with van der Waals surface area (Å²) in [6.45, 7) is 6.16. The lowest BCUT2D eigenvalue weighted by atomic mass is 9.98. The molecule has 0 heterocycles. The van der Waals surface area contributed by atoms with Gasteiger partial charge in [-0.25, -0.2) is 0 Å². The minimum Gasteiger partial charge on any atom is -0.466 e. The molecule has 0 saturated carbocycles. The van der Waals surface area contributed by atoms with Crippen molar-refractivity contribution < 1.29 is 19.1 Å². The summed E-state index contributed by atoms with van der Waals surface area (Å²) in [7, 11) is 0. The molecular formula is C12H21BrO4. The van der Waals surface area contributed by atoms with Gasteiger partial charge in [-0.1, -0.05) is 35.7 Å². The van der Waals surface area contributed by atoms with Gasteiger partial charge in [0.1, 0.15) is 4.83 Å². The van der Waals surface area contributed by atoms with Crippen molar-refractivity contribution >= 4 is 27.9 Å². The normalized spacial score (nSPS) is 13.9. The van der Waals surface area contributed by atoms with Crippen molar-refractivity contribution in [2.45, 2.75) is 44.9 Å². The lowest BCUT2D eigenvalue weighted by Crippen LogP contribution is -2.33. The molecule has 2 atom stereocenters. The van der Waals surface area contributed by atoms with Crippen molar-refractivity contribution in [1.29, 1.82) is 0 Å². The molecule has 4 nitrogen and oxygen atoms in total. The van der Waals surface area contributed by atoms with E-state index < -0.39 is 16.7 Å². The molecule has 0 aromatic rings. The van der Waals surface area contributed by atoms with Gasteiger partial charge in [0.15, 0.2) is 0 Å². The number of ether oxygens (including phenoxy) is 2. The second kappa shape index (κ2) is 9.45. The molecule has 0 radical (unpaired) electrons. The van der Waals surface area contributed by atoms with Gasteiger partial charge in [0.05, 0.1) is 19.1 Å². The summed E-state index contributed by atoms with van der Waals surface area (Å²) >= 11 is 3.24. The highest BCUT2D eigenvalue weighted by atomic mass is 79.9. The first-order valence-corrected chi connectivity index (χ1v) is 6.97. The monoisotopic (exact) mass is 308 g/mol. The van der Waals surface area contributed by atoms with Crippen LogP contribution in [0.1, 0.15) is 40.0 Å². The number of esters is 2. The summed E-state index contributed by atoms with van der Waals surface area (Å²) in [5, 5.41) is 0. The highest BCUT2D eigenvalue weighted by molar-refractivity contribution is 9.10. The third kappa shape index (κ3) is 6.05. The van der Waals surface area contributed by atoms with Crippen LogP contribution in [0.2, 0.25) is 0 Å². The molecule has 0 amide bonds. The van der Waals surface area contributed by atoms with Gasteiger partial charge >= 0.3 is 11.9 Å². The molecule has 5 heteroatoms. The maximum Gasteiger partial charge on any atom is 0.320 e. The average molecular weight is 309 g/mol. The fourth-order valence-corrected chi connectivity index (χ4v) is 2.06. The number of carbonyl (C=O) groups is 2. The first-order chi connectivity index (χ1) is 8.08. The molecule has 0 aromatic carbocycles. The second-order valence-electron chi connectivity index (χ2n) is 3.65. The van der Waals surface area contributed by atoms with E-state index in [9.17, 15) is 9.59 Å². The fraction of sp³-hybridized carbons (Fsp3) is 0.833. The van der Waals surface area contributed by atoms with Gasteiger partial charge in [-0.15, -0.1) is 0 Å². The van der Waals surface area contributed by atoms with E-state index in [0.29, 0.717) is 19.6 Å². The van der Waals surface area contributed by atoms with Gasteiger partial charge in [0.25, 0.3) is 0 Å². The molecular weight excluding hydrogens is 288 g/mol. The number of hydrogen-bond donors (Lipinski definition) is 0. The largest absolute Gasteiger partial charge is 0.466 e. The van der Waals surface area contributed by atoms with Crippen molar-refractivity contribution in [3.63, 3.8) is 0 Å². The van der Waals surface area contributed by atoms with Crippen LogP contribution < -0.4 is 0 Å². The zero-order valence-corrected chi connectivity index (χ0v) is 12.3. The Labute approximate surface area is 111 Å². The number of carbonyl (C=O) groups excluding carboxylic acids is 2. The van der Waals surface area contributed by atoms with Gasteiger partial charge in [-0.2, -0.15) is 0 Å². The van der Waals surface area contributed by atoms with E-state index in [0.717, 1.165) is 12.8 Å². The number of unbranched alkanes of at least 4 members (excludes halogenated alkanes) is 1. The van der Waals surface area contributed by atoms with Crippen LogP contribution in [0.3, 0.4) is 0 Å². The van der Waals surface area contributed by atoms with Crippen molar-refractivity contribution in [3.05, 3.63) is 0 Å². The Bertz CT molecular complexity index is 243. The molecule has 0 rings (SSSR count). The fourth-order valence-electron chi connectivity index (χ4n) is 1.44. The Morgan fingerprint density at radius 3 is 2.06 bits per heavy atom. The van der Waals surface area contributed by atoms with Gasteiger partial charge in [-0.3, -0.25) is 9.59 Å². The van der Waals surface area contributed by atoms with Crippen LogP contribution >= 0.6 is 15.9 Å². The van der Waals surface area contributed by atoms with Crippen LogP contribution in [0.4, 0.5) is 0 Å². The van der Waals surface area contributed by atoms with Crippen molar-refractivity contribution in [2.24, 2.45) is 5.92 Å². The zero-order chi connectivity index (χ0) is 13.3. The molecule has 0 N–H and O–H groups in total. The molecule has 100 valence electrons. The molecule has 0 saturated heterocycles. The Kier molecular flexibility index (Phi) is 9.13. The van der Waals surface area contributed by atoms with Gasteiger partial charge in [-0.05, 0) is 20.3 Å². The first-order valence-electron chi connectivity index (χ1n) is 6.05. The number of alkyl halides is 1. The van der Waals surface area contributed by atoms with E-state index in [1.807, 2.05) is 6.92 Å². The Balaban J connectivity index is 4.53. The third-order valence-corrected chi connectivity index (χ3v) is 3.34.